The van der Waals surface area contributed by atoms with Crippen molar-refractivity contribution in [2.45, 2.75) is 39.5 Å². The minimum Gasteiger partial charge on any atom is -0.354 e. The zero-order chi connectivity index (χ0) is 10.6. The summed E-state index contributed by atoms with van der Waals surface area (Å²) in [6, 6.07) is 2.14. The van der Waals surface area contributed by atoms with Crippen molar-refractivity contribution in [3.8, 4) is 6.07 Å². The van der Waals surface area contributed by atoms with Crippen LogP contribution in [0.4, 0.5) is 0 Å². The lowest BCUT2D eigenvalue weighted by Crippen LogP contribution is -2.45. The molecule has 0 radical (unpaired) electrons. The summed E-state index contributed by atoms with van der Waals surface area (Å²) >= 11 is 0. The number of amides is 1. The first-order valence-corrected chi connectivity index (χ1v) is 5.34. The standard InChI is InChI=1S/C11H18N2O/c1-3-9(2)7-13-10(14)11(8-12)5-4-6-11/h9H,3-7H2,1-2H3,(H,13,14). The molecule has 3 nitrogen and oxygen atoms in total. The average Bonchev–Trinajstić information content (AvgIpc) is 2.13. The Kier molecular flexibility index (Phi) is 3.51. The second-order valence-electron chi connectivity index (χ2n) is 4.27. The van der Waals surface area contributed by atoms with Crippen molar-refractivity contribution < 1.29 is 4.79 Å². The molecule has 1 amide bonds. The predicted octanol–water partition coefficient (Wildman–Crippen LogP) is 1.84. The number of nitrogens with one attached hydrogen (secondary N) is 1. The highest BCUT2D eigenvalue weighted by Crippen LogP contribution is 2.40. The van der Waals surface area contributed by atoms with E-state index in [-0.39, 0.29) is 5.91 Å². The van der Waals surface area contributed by atoms with Gasteiger partial charge < -0.3 is 5.32 Å². The molecule has 1 unspecified atom stereocenters. The van der Waals surface area contributed by atoms with Gasteiger partial charge in [-0.1, -0.05) is 20.3 Å². The summed E-state index contributed by atoms with van der Waals surface area (Å²) in [5.41, 5.74) is -0.687. The van der Waals surface area contributed by atoms with Crippen LogP contribution in [0, 0.1) is 22.7 Å². The summed E-state index contributed by atoms with van der Waals surface area (Å²) in [4.78, 5) is 11.7. The molecule has 1 aliphatic rings. The minimum atomic E-state index is -0.687. The Bertz CT molecular complexity index is 251. The van der Waals surface area contributed by atoms with E-state index in [9.17, 15) is 4.79 Å². The number of nitriles is 1. The van der Waals surface area contributed by atoms with Crippen LogP contribution < -0.4 is 5.32 Å². The van der Waals surface area contributed by atoms with Crippen LogP contribution in [0.25, 0.3) is 0 Å². The number of hydrogen-bond acceptors (Lipinski definition) is 2. The third-order valence-electron chi connectivity index (χ3n) is 3.16. The maximum atomic E-state index is 11.7. The largest absolute Gasteiger partial charge is 0.354 e. The highest BCUT2D eigenvalue weighted by Gasteiger charge is 2.44. The van der Waals surface area contributed by atoms with E-state index in [1.807, 2.05) is 0 Å². The molecule has 0 aromatic rings. The fraction of sp³-hybridized carbons (Fsp3) is 0.818. The number of nitrogens with zero attached hydrogens (tertiary/aromatic N) is 1. The molecule has 14 heavy (non-hydrogen) atoms. The van der Waals surface area contributed by atoms with Crippen LogP contribution >= 0.6 is 0 Å². The van der Waals surface area contributed by atoms with E-state index in [0.717, 1.165) is 25.7 Å². The maximum absolute atomic E-state index is 11.7. The Morgan fingerprint density at radius 2 is 2.29 bits per heavy atom. The second-order valence-corrected chi connectivity index (χ2v) is 4.27. The molecule has 1 aliphatic carbocycles. The van der Waals surface area contributed by atoms with Crippen LogP contribution in [0.1, 0.15) is 39.5 Å². The lowest BCUT2D eigenvalue weighted by molar-refractivity contribution is -0.131. The molecule has 1 fully saturated rings. The van der Waals surface area contributed by atoms with E-state index in [0.29, 0.717) is 12.5 Å². The Hall–Kier alpha value is -1.04. The molecular formula is C11H18N2O. The molecule has 0 aliphatic heterocycles. The Balaban J connectivity index is 2.39. The first-order valence-electron chi connectivity index (χ1n) is 5.34. The minimum absolute atomic E-state index is 0.0634. The van der Waals surface area contributed by atoms with Crippen molar-refractivity contribution in [2.75, 3.05) is 6.54 Å². The zero-order valence-corrected chi connectivity index (χ0v) is 8.97. The smallest absolute Gasteiger partial charge is 0.240 e. The molecule has 1 N–H and O–H groups in total. The number of rotatable bonds is 4. The van der Waals surface area contributed by atoms with E-state index >= 15 is 0 Å². The molecule has 3 heteroatoms. The van der Waals surface area contributed by atoms with Crippen molar-refractivity contribution in [2.24, 2.45) is 11.3 Å². The van der Waals surface area contributed by atoms with Crippen LogP contribution in [-0.4, -0.2) is 12.5 Å². The molecular weight excluding hydrogens is 176 g/mol. The molecule has 0 aromatic heterocycles. The summed E-state index contributed by atoms with van der Waals surface area (Å²) < 4.78 is 0. The molecule has 1 saturated carbocycles. The van der Waals surface area contributed by atoms with Crippen molar-refractivity contribution >= 4 is 5.91 Å². The zero-order valence-electron chi connectivity index (χ0n) is 8.97. The van der Waals surface area contributed by atoms with Gasteiger partial charge in [-0.25, -0.2) is 0 Å². The van der Waals surface area contributed by atoms with Gasteiger partial charge >= 0.3 is 0 Å². The van der Waals surface area contributed by atoms with Gasteiger partial charge in [-0.3, -0.25) is 4.79 Å². The number of carbonyl (C=O) groups is 1. The monoisotopic (exact) mass is 194 g/mol. The summed E-state index contributed by atoms with van der Waals surface area (Å²) in [6.45, 7) is 4.89. The Labute approximate surface area is 85.5 Å². The molecule has 0 aromatic carbocycles. The van der Waals surface area contributed by atoms with E-state index in [1.165, 1.54) is 0 Å². The summed E-state index contributed by atoms with van der Waals surface area (Å²) in [6.07, 6.45) is 3.52. The summed E-state index contributed by atoms with van der Waals surface area (Å²) in [5, 5.41) is 11.8. The Morgan fingerprint density at radius 1 is 1.64 bits per heavy atom. The van der Waals surface area contributed by atoms with E-state index < -0.39 is 5.41 Å². The molecule has 0 saturated heterocycles. The van der Waals surface area contributed by atoms with Gasteiger partial charge in [-0.15, -0.1) is 0 Å². The van der Waals surface area contributed by atoms with E-state index in [1.54, 1.807) is 0 Å². The highest BCUT2D eigenvalue weighted by atomic mass is 16.2. The van der Waals surface area contributed by atoms with Crippen molar-refractivity contribution in [3.63, 3.8) is 0 Å². The molecule has 1 atom stereocenters. The van der Waals surface area contributed by atoms with Crippen molar-refractivity contribution in [1.29, 1.82) is 5.26 Å². The van der Waals surface area contributed by atoms with Gasteiger partial charge in [0.2, 0.25) is 5.91 Å². The molecule has 1 rings (SSSR count). The van der Waals surface area contributed by atoms with Gasteiger partial charge in [0, 0.05) is 6.54 Å². The van der Waals surface area contributed by atoms with Gasteiger partial charge in [0.05, 0.1) is 6.07 Å². The lowest BCUT2D eigenvalue weighted by Gasteiger charge is -2.33. The first kappa shape index (κ1) is 11.0. The molecule has 0 heterocycles. The predicted molar refractivity (Wildman–Crippen MR) is 54.4 cm³/mol. The third kappa shape index (κ3) is 2.06. The SMILES string of the molecule is CCC(C)CNC(=O)C1(C#N)CCC1. The summed E-state index contributed by atoms with van der Waals surface area (Å²) in [7, 11) is 0. The van der Waals surface area contributed by atoms with E-state index in [4.69, 9.17) is 5.26 Å². The molecule has 0 spiro atoms. The van der Waals surface area contributed by atoms with E-state index in [2.05, 4.69) is 25.2 Å². The van der Waals surface area contributed by atoms with Crippen LogP contribution in [0.15, 0.2) is 0 Å². The maximum Gasteiger partial charge on any atom is 0.240 e. The second kappa shape index (κ2) is 4.45. The average molecular weight is 194 g/mol. The first-order chi connectivity index (χ1) is 6.64. The van der Waals surface area contributed by atoms with Crippen LogP contribution in [-0.2, 0) is 4.79 Å². The van der Waals surface area contributed by atoms with Gasteiger partial charge in [-0.05, 0) is 25.2 Å². The quantitative estimate of drug-likeness (QED) is 0.742. The Morgan fingerprint density at radius 3 is 2.64 bits per heavy atom. The van der Waals surface area contributed by atoms with Gasteiger partial charge in [0.15, 0.2) is 0 Å². The number of carbonyl (C=O) groups excluding carboxylic acids is 1. The van der Waals surface area contributed by atoms with Gasteiger partial charge in [0.1, 0.15) is 5.41 Å². The van der Waals surface area contributed by atoms with Gasteiger partial charge in [0.25, 0.3) is 0 Å². The number of hydrogen-bond donors (Lipinski definition) is 1. The van der Waals surface area contributed by atoms with Crippen LogP contribution in [0.5, 0.6) is 0 Å². The van der Waals surface area contributed by atoms with Crippen LogP contribution in [0.3, 0.4) is 0 Å². The highest BCUT2D eigenvalue weighted by molar-refractivity contribution is 5.86. The van der Waals surface area contributed by atoms with Gasteiger partial charge in [-0.2, -0.15) is 5.26 Å². The fourth-order valence-corrected chi connectivity index (χ4v) is 1.50. The van der Waals surface area contributed by atoms with Crippen molar-refractivity contribution in [1.82, 2.24) is 5.32 Å². The molecule has 78 valence electrons. The van der Waals surface area contributed by atoms with Crippen LogP contribution in [0.2, 0.25) is 0 Å². The third-order valence-corrected chi connectivity index (χ3v) is 3.16. The fourth-order valence-electron chi connectivity index (χ4n) is 1.50. The topological polar surface area (TPSA) is 52.9 Å². The normalized spacial score (nSPS) is 20.4. The molecule has 0 bridgehead atoms. The van der Waals surface area contributed by atoms with Crippen molar-refractivity contribution in [3.05, 3.63) is 0 Å². The lowest BCUT2D eigenvalue weighted by atomic mass is 9.69. The summed E-state index contributed by atoms with van der Waals surface area (Å²) in [5.74, 6) is 0.432.